The lowest BCUT2D eigenvalue weighted by Crippen LogP contribution is -2.41. The van der Waals surface area contributed by atoms with Gasteiger partial charge in [0.25, 0.3) is 0 Å². The predicted octanol–water partition coefficient (Wildman–Crippen LogP) is 2.49. The van der Waals surface area contributed by atoms with Crippen LogP contribution in [0, 0.1) is 0 Å². The number of rotatable bonds is 5. The largest absolute Gasteiger partial charge is 0.480 e. The second kappa shape index (κ2) is 6.70. The van der Waals surface area contributed by atoms with E-state index in [4.69, 9.17) is 0 Å². The summed E-state index contributed by atoms with van der Waals surface area (Å²) in [5.41, 5.74) is 2.90. The Balaban J connectivity index is 2.32. The van der Waals surface area contributed by atoms with Crippen LogP contribution in [0.4, 0.5) is 0 Å². The lowest BCUT2D eigenvalue weighted by molar-refractivity contribution is -0.141. The van der Waals surface area contributed by atoms with Gasteiger partial charge in [-0.1, -0.05) is 54.6 Å². The van der Waals surface area contributed by atoms with Crippen molar-refractivity contribution in [2.45, 2.75) is 19.4 Å². The Morgan fingerprint density at radius 1 is 1.05 bits per heavy atom. The van der Waals surface area contributed by atoms with Gasteiger partial charge in [-0.05, 0) is 16.7 Å². The lowest BCUT2D eigenvalue weighted by atomic mass is 9.95. The molecule has 4 nitrogen and oxygen atoms in total. The van der Waals surface area contributed by atoms with E-state index >= 15 is 0 Å². The number of carbonyl (C=O) groups excluding carboxylic acids is 1. The number of benzene rings is 2. The molecule has 108 valence electrons. The van der Waals surface area contributed by atoms with Gasteiger partial charge in [0.2, 0.25) is 5.91 Å². The first-order valence-corrected chi connectivity index (χ1v) is 6.71. The fourth-order valence-corrected chi connectivity index (χ4v) is 2.26. The van der Waals surface area contributed by atoms with Crippen LogP contribution in [0.3, 0.4) is 0 Å². The van der Waals surface area contributed by atoms with Crippen molar-refractivity contribution in [2.75, 3.05) is 0 Å². The second-order valence-corrected chi connectivity index (χ2v) is 4.82. The Morgan fingerprint density at radius 3 is 2.29 bits per heavy atom. The van der Waals surface area contributed by atoms with Crippen LogP contribution >= 0.6 is 0 Å². The standard InChI is InChI=1S/C17H17NO3/c1-12(19)18-16(17(20)21)11-14-9-5-6-10-15(14)13-7-3-2-4-8-13/h2-10,16H,11H2,1H3,(H,18,19)(H,20,21). The molecule has 0 fully saturated rings. The molecule has 0 saturated carbocycles. The van der Waals surface area contributed by atoms with Crippen LogP contribution in [-0.4, -0.2) is 23.0 Å². The summed E-state index contributed by atoms with van der Waals surface area (Å²) in [4.78, 5) is 22.4. The Morgan fingerprint density at radius 2 is 1.67 bits per heavy atom. The molecule has 0 heterocycles. The van der Waals surface area contributed by atoms with Crippen molar-refractivity contribution in [3.63, 3.8) is 0 Å². The summed E-state index contributed by atoms with van der Waals surface area (Å²) >= 11 is 0. The molecule has 21 heavy (non-hydrogen) atoms. The molecule has 2 rings (SSSR count). The maximum absolute atomic E-state index is 11.3. The van der Waals surface area contributed by atoms with Crippen LogP contribution < -0.4 is 5.32 Å². The predicted molar refractivity (Wildman–Crippen MR) is 80.8 cm³/mol. The van der Waals surface area contributed by atoms with Gasteiger partial charge < -0.3 is 10.4 Å². The van der Waals surface area contributed by atoms with Crippen LogP contribution in [0.2, 0.25) is 0 Å². The molecular formula is C17H17NO3. The normalized spacial score (nSPS) is 11.7. The summed E-state index contributed by atoms with van der Waals surface area (Å²) in [6.07, 6.45) is 0.250. The zero-order valence-electron chi connectivity index (χ0n) is 11.7. The molecule has 1 amide bonds. The Kier molecular flexibility index (Phi) is 4.72. The molecule has 0 aromatic heterocycles. The third-order valence-electron chi connectivity index (χ3n) is 3.20. The van der Waals surface area contributed by atoms with Crippen molar-refractivity contribution in [1.29, 1.82) is 0 Å². The van der Waals surface area contributed by atoms with Gasteiger partial charge >= 0.3 is 5.97 Å². The van der Waals surface area contributed by atoms with Gasteiger partial charge in [-0.15, -0.1) is 0 Å². The average molecular weight is 283 g/mol. The SMILES string of the molecule is CC(=O)NC(Cc1ccccc1-c1ccccc1)C(=O)O. The van der Waals surface area contributed by atoms with Gasteiger partial charge in [0.1, 0.15) is 6.04 Å². The number of hydrogen-bond acceptors (Lipinski definition) is 2. The first-order chi connectivity index (χ1) is 10.1. The van der Waals surface area contributed by atoms with Crippen LogP contribution in [0.5, 0.6) is 0 Å². The monoisotopic (exact) mass is 283 g/mol. The van der Waals surface area contributed by atoms with Crippen molar-refractivity contribution in [2.24, 2.45) is 0 Å². The Hall–Kier alpha value is -2.62. The van der Waals surface area contributed by atoms with E-state index in [-0.39, 0.29) is 12.3 Å². The third-order valence-corrected chi connectivity index (χ3v) is 3.20. The lowest BCUT2D eigenvalue weighted by Gasteiger charge is -2.16. The molecule has 0 bridgehead atoms. The zero-order valence-corrected chi connectivity index (χ0v) is 11.7. The number of carbonyl (C=O) groups is 2. The van der Waals surface area contributed by atoms with Crippen molar-refractivity contribution >= 4 is 11.9 Å². The molecule has 0 aliphatic carbocycles. The third kappa shape index (κ3) is 3.92. The summed E-state index contributed by atoms with van der Waals surface area (Å²) in [5, 5.41) is 11.7. The molecule has 0 saturated heterocycles. The van der Waals surface area contributed by atoms with E-state index in [2.05, 4.69) is 5.32 Å². The average Bonchev–Trinajstić information content (AvgIpc) is 2.47. The molecular weight excluding hydrogens is 266 g/mol. The smallest absolute Gasteiger partial charge is 0.326 e. The van der Waals surface area contributed by atoms with E-state index in [1.54, 1.807) is 0 Å². The minimum absolute atomic E-state index is 0.250. The molecule has 0 aliphatic heterocycles. The maximum atomic E-state index is 11.3. The van der Waals surface area contributed by atoms with E-state index in [1.807, 2.05) is 54.6 Å². The van der Waals surface area contributed by atoms with Crippen molar-refractivity contribution in [1.82, 2.24) is 5.32 Å². The highest BCUT2D eigenvalue weighted by molar-refractivity contribution is 5.82. The van der Waals surface area contributed by atoms with Crippen molar-refractivity contribution in [3.05, 3.63) is 60.2 Å². The quantitative estimate of drug-likeness (QED) is 0.886. The molecule has 2 N–H and O–H groups in total. The van der Waals surface area contributed by atoms with Gasteiger partial charge in [0, 0.05) is 13.3 Å². The Labute approximate surface area is 123 Å². The highest BCUT2D eigenvalue weighted by Crippen LogP contribution is 2.24. The van der Waals surface area contributed by atoms with Gasteiger partial charge in [-0.2, -0.15) is 0 Å². The molecule has 0 radical (unpaired) electrons. The number of aliphatic carboxylic acids is 1. The zero-order chi connectivity index (χ0) is 15.2. The van der Waals surface area contributed by atoms with E-state index < -0.39 is 12.0 Å². The summed E-state index contributed by atoms with van der Waals surface area (Å²) in [6, 6.07) is 16.5. The molecule has 2 aromatic rings. The summed E-state index contributed by atoms with van der Waals surface area (Å²) < 4.78 is 0. The molecule has 0 spiro atoms. The number of nitrogens with one attached hydrogen (secondary N) is 1. The number of amides is 1. The molecule has 1 unspecified atom stereocenters. The fourth-order valence-electron chi connectivity index (χ4n) is 2.26. The van der Waals surface area contributed by atoms with E-state index in [1.165, 1.54) is 6.92 Å². The Bertz CT molecular complexity index is 637. The molecule has 4 heteroatoms. The highest BCUT2D eigenvalue weighted by Gasteiger charge is 2.20. The van der Waals surface area contributed by atoms with Crippen molar-refractivity contribution in [3.8, 4) is 11.1 Å². The van der Waals surface area contributed by atoms with Crippen LogP contribution in [0.1, 0.15) is 12.5 Å². The van der Waals surface area contributed by atoms with Gasteiger partial charge in [-0.25, -0.2) is 4.79 Å². The van der Waals surface area contributed by atoms with E-state index in [9.17, 15) is 14.7 Å². The minimum atomic E-state index is -1.03. The van der Waals surface area contributed by atoms with Crippen LogP contribution in [0.15, 0.2) is 54.6 Å². The second-order valence-electron chi connectivity index (χ2n) is 4.82. The molecule has 2 aromatic carbocycles. The van der Waals surface area contributed by atoms with Gasteiger partial charge in [0.15, 0.2) is 0 Å². The maximum Gasteiger partial charge on any atom is 0.326 e. The molecule has 0 aliphatic rings. The van der Waals surface area contributed by atoms with E-state index in [0.29, 0.717) is 0 Å². The minimum Gasteiger partial charge on any atom is -0.480 e. The van der Waals surface area contributed by atoms with Crippen molar-refractivity contribution < 1.29 is 14.7 Å². The summed E-state index contributed by atoms with van der Waals surface area (Å²) in [6.45, 7) is 1.32. The fraction of sp³-hybridized carbons (Fsp3) is 0.176. The summed E-state index contributed by atoms with van der Waals surface area (Å²) in [5.74, 6) is -1.38. The van der Waals surface area contributed by atoms with E-state index in [0.717, 1.165) is 16.7 Å². The number of carboxylic acids is 1. The first kappa shape index (κ1) is 14.8. The highest BCUT2D eigenvalue weighted by atomic mass is 16.4. The number of carboxylic acid groups (broad SMARTS) is 1. The first-order valence-electron chi connectivity index (χ1n) is 6.71. The topological polar surface area (TPSA) is 66.4 Å². The molecule has 1 atom stereocenters. The van der Waals surface area contributed by atoms with Gasteiger partial charge in [-0.3, -0.25) is 4.79 Å². The number of hydrogen-bond donors (Lipinski definition) is 2. The van der Waals surface area contributed by atoms with Crippen LogP contribution in [-0.2, 0) is 16.0 Å². The summed E-state index contributed by atoms with van der Waals surface area (Å²) in [7, 11) is 0. The van der Waals surface area contributed by atoms with Gasteiger partial charge in [0.05, 0.1) is 0 Å². The van der Waals surface area contributed by atoms with Crippen LogP contribution in [0.25, 0.3) is 11.1 Å².